The molecule has 1 unspecified atom stereocenters. The molecule has 0 fully saturated rings. The average molecular weight is 393 g/mol. The number of nitrogens with zero attached hydrogens (tertiary/aromatic N) is 1. The Hall–Kier alpha value is -2.25. The third kappa shape index (κ3) is 4.93. The predicted molar refractivity (Wildman–Crippen MR) is 108 cm³/mol. The van der Waals surface area contributed by atoms with Crippen LogP contribution in [-0.2, 0) is 0 Å². The van der Waals surface area contributed by atoms with Gasteiger partial charge in [0.25, 0.3) is 5.91 Å². The highest BCUT2D eigenvalue weighted by Gasteiger charge is 2.21. The number of rotatable bonds is 10. The van der Waals surface area contributed by atoms with Gasteiger partial charge in [-0.2, -0.15) is 0 Å². The lowest BCUT2D eigenvalue weighted by Crippen LogP contribution is -2.37. The van der Waals surface area contributed by atoms with E-state index in [0.29, 0.717) is 29.4 Å². The van der Waals surface area contributed by atoms with Crippen LogP contribution in [0.3, 0.4) is 0 Å². The molecular formula is C20H28N2O4S. The maximum Gasteiger partial charge on any atom is 0.251 e. The number of hydrogen-bond donors (Lipinski definition) is 1. The Labute approximate surface area is 165 Å². The van der Waals surface area contributed by atoms with Crippen LogP contribution in [0.1, 0.15) is 35.1 Å². The van der Waals surface area contributed by atoms with E-state index in [1.165, 1.54) is 26.2 Å². The van der Waals surface area contributed by atoms with E-state index in [9.17, 15) is 4.79 Å². The molecule has 0 spiro atoms. The molecule has 0 aliphatic carbocycles. The number of thiophene rings is 1. The lowest BCUT2D eigenvalue weighted by molar-refractivity contribution is 0.0934. The summed E-state index contributed by atoms with van der Waals surface area (Å²) >= 11 is 1.71. The highest BCUT2D eigenvalue weighted by atomic mass is 32.1. The summed E-state index contributed by atoms with van der Waals surface area (Å²) in [6.45, 7) is 6.62. The maximum absolute atomic E-state index is 12.8. The first-order valence-electron chi connectivity index (χ1n) is 8.95. The topological polar surface area (TPSA) is 60.0 Å². The van der Waals surface area contributed by atoms with Crippen LogP contribution in [0.2, 0.25) is 0 Å². The van der Waals surface area contributed by atoms with Crippen molar-refractivity contribution in [2.75, 3.05) is 41.0 Å². The van der Waals surface area contributed by atoms with Gasteiger partial charge in [-0.05, 0) is 36.7 Å². The number of carbonyl (C=O) groups is 1. The molecule has 2 aromatic rings. The standard InChI is InChI=1S/C20H28N2O4S/c1-6-22(7-2)15(18-9-8-10-27-18)13-21-20(23)14-11-16(24-3)19(26-5)17(12-14)25-4/h8-12,15H,6-7,13H2,1-5H3,(H,21,23). The van der Waals surface area contributed by atoms with Gasteiger partial charge < -0.3 is 19.5 Å². The van der Waals surface area contributed by atoms with Gasteiger partial charge in [0.05, 0.1) is 27.4 Å². The number of benzene rings is 1. The van der Waals surface area contributed by atoms with Crippen molar-refractivity contribution in [3.63, 3.8) is 0 Å². The van der Waals surface area contributed by atoms with Gasteiger partial charge in [-0.15, -0.1) is 11.3 Å². The SMILES string of the molecule is CCN(CC)C(CNC(=O)c1cc(OC)c(OC)c(OC)c1)c1cccs1. The second-order valence-electron chi connectivity index (χ2n) is 5.88. The first kappa shape index (κ1) is 21.1. The lowest BCUT2D eigenvalue weighted by atomic mass is 10.1. The van der Waals surface area contributed by atoms with Gasteiger partial charge in [-0.3, -0.25) is 9.69 Å². The number of ether oxygens (including phenoxy) is 3. The zero-order valence-electron chi connectivity index (χ0n) is 16.6. The molecule has 2 rings (SSSR count). The Bertz CT molecular complexity index is 705. The summed E-state index contributed by atoms with van der Waals surface area (Å²) in [6.07, 6.45) is 0. The predicted octanol–water partition coefficient (Wildman–Crippen LogP) is 3.59. The fourth-order valence-electron chi connectivity index (χ4n) is 3.06. The van der Waals surface area contributed by atoms with E-state index >= 15 is 0 Å². The molecule has 6 nitrogen and oxygen atoms in total. The van der Waals surface area contributed by atoms with Crippen LogP contribution in [0.25, 0.3) is 0 Å². The smallest absolute Gasteiger partial charge is 0.251 e. The van der Waals surface area contributed by atoms with Crippen LogP contribution in [0, 0.1) is 0 Å². The summed E-state index contributed by atoms with van der Waals surface area (Å²) < 4.78 is 16.0. The second kappa shape index (κ2) is 10.2. The van der Waals surface area contributed by atoms with Crippen molar-refractivity contribution in [1.82, 2.24) is 10.2 Å². The van der Waals surface area contributed by atoms with Gasteiger partial charge in [0.1, 0.15) is 0 Å². The third-order valence-electron chi connectivity index (χ3n) is 4.51. The van der Waals surface area contributed by atoms with Gasteiger partial charge >= 0.3 is 0 Å². The summed E-state index contributed by atoms with van der Waals surface area (Å²) in [5.74, 6) is 1.21. The molecule has 0 bridgehead atoms. The molecule has 1 atom stereocenters. The summed E-state index contributed by atoms with van der Waals surface area (Å²) in [6, 6.07) is 7.62. The van der Waals surface area contributed by atoms with Crippen LogP contribution in [-0.4, -0.2) is 51.8 Å². The first-order valence-corrected chi connectivity index (χ1v) is 9.83. The Morgan fingerprint density at radius 1 is 1.11 bits per heavy atom. The highest BCUT2D eigenvalue weighted by molar-refractivity contribution is 7.10. The summed E-state index contributed by atoms with van der Waals surface area (Å²) in [7, 11) is 4.61. The molecule has 0 saturated carbocycles. The fraction of sp³-hybridized carbons (Fsp3) is 0.450. The van der Waals surface area contributed by atoms with Crippen LogP contribution in [0.5, 0.6) is 17.2 Å². The molecule has 0 radical (unpaired) electrons. The van der Waals surface area contributed by atoms with E-state index in [-0.39, 0.29) is 11.9 Å². The van der Waals surface area contributed by atoms with Gasteiger partial charge in [-0.1, -0.05) is 19.9 Å². The summed E-state index contributed by atoms with van der Waals surface area (Å²) in [5.41, 5.74) is 0.467. The Kier molecular flexibility index (Phi) is 7.94. The lowest BCUT2D eigenvalue weighted by Gasteiger charge is -2.29. The molecule has 0 aliphatic heterocycles. The summed E-state index contributed by atoms with van der Waals surface area (Å²) in [4.78, 5) is 16.4. The molecule has 1 N–H and O–H groups in total. The molecule has 0 saturated heterocycles. The van der Waals surface area contributed by atoms with Crippen molar-refractivity contribution >= 4 is 17.2 Å². The molecule has 148 valence electrons. The zero-order valence-corrected chi connectivity index (χ0v) is 17.4. The number of amides is 1. The van der Waals surface area contributed by atoms with E-state index in [4.69, 9.17) is 14.2 Å². The number of nitrogens with one attached hydrogen (secondary N) is 1. The van der Waals surface area contributed by atoms with Gasteiger partial charge in [0.2, 0.25) is 5.75 Å². The fourth-order valence-corrected chi connectivity index (χ4v) is 3.92. The highest BCUT2D eigenvalue weighted by Crippen LogP contribution is 2.38. The molecule has 1 aromatic carbocycles. The number of hydrogen-bond acceptors (Lipinski definition) is 6. The van der Waals surface area contributed by atoms with Crippen LogP contribution >= 0.6 is 11.3 Å². The van der Waals surface area contributed by atoms with Crippen molar-refractivity contribution < 1.29 is 19.0 Å². The monoisotopic (exact) mass is 392 g/mol. The summed E-state index contributed by atoms with van der Waals surface area (Å²) in [5, 5.41) is 5.11. The zero-order chi connectivity index (χ0) is 19.8. The minimum absolute atomic E-state index is 0.144. The van der Waals surface area contributed by atoms with Crippen molar-refractivity contribution in [3.05, 3.63) is 40.1 Å². The second-order valence-corrected chi connectivity index (χ2v) is 6.86. The molecule has 1 heterocycles. The largest absolute Gasteiger partial charge is 0.493 e. The first-order chi connectivity index (χ1) is 13.1. The van der Waals surface area contributed by atoms with Gasteiger partial charge in [0.15, 0.2) is 11.5 Å². The Morgan fingerprint density at radius 2 is 1.74 bits per heavy atom. The quantitative estimate of drug-likeness (QED) is 0.670. The van der Waals surface area contributed by atoms with Crippen molar-refractivity contribution in [1.29, 1.82) is 0 Å². The number of methoxy groups -OCH3 is 3. The van der Waals surface area contributed by atoms with Crippen molar-refractivity contribution in [3.8, 4) is 17.2 Å². The van der Waals surface area contributed by atoms with Crippen molar-refractivity contribution in [2.24, 2.45) is 0 Å². The minimum Gasteiger partial charge on any atom is -0.493 e. The van der Waals surface area contributed by atoms with E-state index in [2.05, 4.69) is 35.5 Å². The van der Waals surface area contributed by atoms with Gasteiger partial charge in [0, 0.05) is 17.0 Å². The molecule has 1 aromatic heterocycles. The van der Waals surface area contributed by atoms with E-state index in [1.54, 1.807) is 23.5 Å². The Morgan fingerprint density at radius 3 is 2.19 bits per heavy atom. The molecule has 27 heavy (non-hydrogen) atoms. The molecule has 1 amide bonds. The molecular weight excluding hydrogens is 364 g/mol. The van der Waals surface area contributed by atoms with E-state index in [1.807, 2.05) is 6.07 Å². The Balaban J connectivity index is 2.20. The maximum atomic E-state index is 12.8. The number of likely N-dealkylation sites (N-methyl/N-ethyl adjacent to an activating group) is 1. The van der Waals surface area contributed by atoms with E-state index < -0.39 is 0 Å². The number of carbonyl (C=O) groups excluding carboxylic acids is 1. The van der Waals surface area contributed by atoms with Crippen LogP contribution in [0.15, 0.2) is 29.6 Å². The van der Waals surface area contributed by atoms with E-state index in [0.717, 1.165) is 13.1 Å². The normalized spacial score (nSPS) is 11.9. The average Bonchev–Trinajstić information content (AvgIpc) is 3.23. The third-order valence-corrected chi connectivity index (χ3v) is 5.48. The molecule has 0 aliphatic rings. The minimum atomic E-state index is -0.178. The van der Waals surface area contributed by atoms with Crippen LogP contribution in [0.4, 0.5) is 0 Å². The van der Waals surface area contributed by atoms with Crippen LogP contribution < -0.4 is 19.5 Å². The van der Waals surface area contributed by atoms with Gasteiger partial charge in [-0.25, -0.2) is 0 Å². The van der Waals surface area contributed by atoms with Crippen molar-refractivity contribution in [2.45, 2.75) is 19.9 Å². The molecule has 7 heteroatoms.